The number of hydrogen-bond donors (Lipinski definition) is 1. The van der Waals surface area contributed by atoms with Crippen molar-refractivity contribution in [2.75, 3.05) is 12.8 Å². The van der Waals surface area contributed by atoms with Gasteiger partial charge in [0.15, 0.2) is 0 Å². The number of piperidine rings is 1. The number of rotatable bonds is 2. The maximum absolute atomic E-state index is 4.00. The summed E-state index contributed by atoms with van der Waals surface area (Å²) < 4.78 is 0. The van der Waals surface area contributed by atoms with Gasteiger partial charge in [0.25, 0.3) is 0 Å². The Morgan fingerprint density at radius 1 is 1.10 bits per heavy atom. The van der Waals surface area contributed by atoms with E-state index in [1.54, 1.807) is 0 Å². The summed E-state index contributed by atoms with van der Waals surface area (Å²) in [6, 6.07) is 11.9. The van der Waals surface area contributed by atoms with Crippen LogP contribution in [0.1, 0.15) is 43.7 Å². The molecule has 0 aromatic heterocycles. The predicted octanol–water partition coefficient (Wildman–Crippen LogP) is 3.44. The number of nitrogens with zero attached hydrogens (tertiary/aromatic N) is 1. The van der Waals surface area contributed by atoms with Gasteiger partial charge in [-0.05, 0) is 56.5 Å². The van der Waals surface area contributed by atoms with Crippen LogP contribution in [0.5, 0.6) is 0 Å². The van der Waals surface area contributed by atoms with E-state index in [0.717, 1.165) is 18.1 Å². The number of hydrogen-bond acceptors (Lipinski definition) is 3. The topological polar surface area (TPSA) is 15.3 Å². The lowest BCUT2D eigenvalue weighted by atomic mass is 9.95. The molecule has 2 bridgehead atoms. The quantitative estimate of drug-likeness (QED) is 0.897. The summed E-state index contributed by atoms with van der Waals surface area (Å²) in [5, 5.41) is 4.00. The van der Waals surface area contributed by atoms with Crippen molar-refractivity contribution in [3.63, 3.8) is 0 Å². The molecular formula is C17H24N2S. The third-order valence-electron chi connectivity index (χ3n) is 5.49. The first kappa shape index (κ1) is 13.2. The standard InChI is InChI=1S/C17H24N2S/c1-19-13-6-7-14(19)11-12(10-13)18-16-8-9-20-17-5-3-2-4-15(16)17/h2-5,12-14,16,18H,6-11H2,1H3. The van der Waals surface area contributed by atoms with Crippen LogP contribution in [0, 0.1) is 0 Å². The Kier molecular flexibility index (Phi) is 3.53. The minimum atomic E-state index is 0.584. The fraction of sp³-hybridized carbons (Fsp3) is 0.647. The van der Waals surface area contributed by atoms with Gasteiger partial charge in [-0.2, -0.15) is 0 Å². The van der Waals surface area contributed by atoms with Crippen LogP contribution >= 0.6 is 11.8 Å². The molecule has 0 aliphatic carbocycles. The Bertz CT molecular complexity index is 476. The van der Waals surface area contributed by atoms with Crippen molar-refractivity contribution < 1.29 is 0 Å². The highest BCUT2D eigenvalue weighted by Crippen LogP contribution is 2.39. The first-order valence-electron chi connectivity index (χ1n) is 8.01. The summed E-state index contributed by atoms with van der Waals surface area (Å²) >= 11 is 2.02. The lowest BCUT2D eigenvalue weighted by molar-refractivity contribution is 0.142. The van der Waals surface area contributed by atoms with E-state index in [1.165, 1.54) is 48.3 Å². The van der Waals surface area contributed by atoms with E-state index in [9.17, 15) is 0 Å². The molecule has 2 saturated heterocycles. The molecule has 3 unspecified atom stereocenters. The van der Waals surface area contributed by atoms with Gasteiger partial charge < -0.3 is 10.2 Å². The molecule has 0 spiro atoms. The van der Waals surface area contributed by atoms with Crippen LogP contribution in [0.3, 0.4) is 0 Å². The molecule has 20 heavy (non-hydrogen) atoms. The minimum absolute atomic E-state index is 0.584. The second-order valence-electron chi connectivity index (χ2n) is 6.61. The van der Waals surface area contributed by atoms with Crippen molar-refractivity contribution in [3.05, 3.63) is 29.8 Å². The maximum atomic E-state index is 4.00. The average Bonchev–Trinajstić information content (AvgIpc) is 2.70. The third-order valence-corrected chi connectivity index (χ3v) is 6.62. The Morgan fingerprint density at radius 3 is 2.65 bits per heavy atom. The average molecular weight is 288 g/mol. The fourth-order valence-corrected chi connectivity index (χ4v) is 5.47. The molecular weight excluding hydrogens is 264 g/mol. The van der Waals surface area contributed by atoms with Crippen molar-refractivity contribution in [2.24, 2.45) is 0 Å². The predicted molar refractivity (Wildman–Crippen MR) is 85.3 cm³/mol. The van der Waals surface area contributed by atoms with Crippen molar-refractivity contribution in [2.45, 2.75) is 61.2 Å². The fourth-order valence-electron chi connectivity index (χ4n) is 4.35. The molecule has 3 aliphatic rings. The Hall–Kier alpha value is -0.510. The second-order valence-corrected chi connectivity index (χ2v) is 7.75. The molecule has 4 rings (SSSR count). The highest BCUT2D eigenvalue weighted by molar-refractivity contribution is 7.99. The van der Waals surface area contributed by atoms with Gasteiger partial charge in [-0.1, -0.05) is 18.2 Å². The van der Waals surface area contributed by atoms with Crippen LogP contribution in [0.2, 0.25) is 0 Å². The molecule has 1 N–H and O–H groups in total. The smallest absolute Gasteiger partial charge is 0.0341 e. The monoisotopic (exact) mass is 288 g/mol. The molecule has 0 saturated carbocycles. The van der Waals surface area contributed by atoms with Gasteiger partial charge in [0.05, 0.1) is 0 Å². The lowest BCUT2D eigenvalue weighted by Crippen LogP contribution is -2.48. The molecule has 3 heteroatoms. The zero-order valence-electron chi connectivity index (χ0n) is 12.2. The first-order chi connectivity index (χ1) is 9.81. The van der Waals surface area contributed by atoms with Gasteiger partial charge in [0.1, 0.15) is 0 Å². The number of nitrogens with one attached hydrogen (secondary N) is 1. The van der Waals surface area contributed by atoms with Gasteiger partial charge in [0.2, 0.25) is 0 Å². The molecule has 2 nitrogen and oxygen atoms in total. The molecule has 3 aliphatic heterocycles. The normalized spacial score (nSPS) is 36.9. The van der Waals surface area contributed by atoms with E-state index in [4.69, 9.17) is 0 Å². The van der Waals surface area contributed by atoms with Crippen molar-refractivity contribution in [3.8, 4) is 0 Å². The summed E-state index contributed by atoms with van der Waals surface area (Å²) in [6.45, 7) is 0. The summed E-state index contributed by atoms with van der Waals surface area (Å²) in [5.41, 5.74) is 1.54. The SMILES string of the molecule is CN1C2CCC1CC(NC1CCSc3ccccc31)C2. The second kappa shape index (κ2) is 5.36. The highest BCUT2D eigenvalue weighted by Gasteiger charge is 2.39. The molecule has 3 atom stereocenters. The van der Waals surface area contributed by atoms with Crippen molar-refractivity contribution in [1.29, 1.82) is 0 Å². The van der Waals surface area contributed by atoms with E-state index < -0.39 is 0 Å². The minimum Gasteiger partial charge on any atom is -0.307 e. The van der Waals surface area contributed by atoms with E-state index in [0.29, 0.717) is 6.04 Å². The van der Waals surface area contributed by atoms with Crippen molar-refractivity contribution >= 4 is 11.8 Å². The highest BCUT2D eigenvalue weighted by atomic mass is 32.2. The van der Waals surface area contributed by atoms with Gasteiger partial charge in [-0.25, -0.2) is 0 Å². The van der Waals surface area contributed by atoms with Crippen LogP contribution in [-0.2, 0) is 0 Å². The largest absolute Gasteiger partial charge is 0.307 e. The van der Waals surface area contributed by atoms with Gasteiger partial charge in [-0.15, -0.1) is 11.8 Å². The Labute approximate surface area is 126 Å². The van der Waals surface area contributed by atoms with E-state index in [2.05, 4.69) is 41.5 Å². The number of benzene rings is 1. The molecule has 3 heterocycles. The molecule has 0 radical (unpaired) electrons. The first-order valence-corrected chi connectivity index (χ1v) is 8.99. The summed E-state index contributed by atoms with van der Waals surface area (Å²) in [4.78, 5) is 4.12. The van der Waals surface area contributed by atoms with Gasteiger partial charge in [0, 0.05) is 29.1 Å². The van der Waals surface area contributed by atoms with E-state index in [1.807, 2.05) is 11.8 Å². The van der Waals surface area contributed by atoms with Crippen LogP contribution in [-0.4, -0.2) is 35.8 Å². The van der Waals surface area contributed by atoms with Crippen molar-refractivity contribution in [1.82, 2.24) is 10.2 Å². The maximum Gasteiger partial charge on any atom is 0.0341 e. The van der Waals surface area contributed by atoms with Crippen LogP contribution in [0.25, 0.3) is 0 Å². The van der Waals surface area contributed by atoms with Crippen LogP contribution in [0.4, 0.5) is 0 Å². The summed E-state index contributed by atoms with van der Waals surface area (Å²) in [6.07, 6.45) is 6.80. The zero-order valence-corrected chi connectivity index (χ0v) is 13.0. The molecule has 0 amide bonds. The third kappa shape index (κ3) is 2.30. The Morgan fingerprint density at radius 2 is 1.85 bits per heavy atom. The number of thioether (sulfide) groups is 1. The summed E-state index contributed by atoms with van der Waals surface area (Å²) in [7, 11) is 2.32. The van der Waals surface area contributed by atoms with E-state index in [-0.39, 0.29) is 0 Å². The molecule has 1 aromatic carbocycles. The zero-order chi connectivity index (χ0) is 13.5. The lowest BCUT2D eigenvalue weighted by Gasteiger charge is -2.39. The van der Waals surface area contributed by atoms with E-state index >= 15 is 0 Å². The summed E-state index contributed by atoms with van der Waals surface area (Å²) in [5.74, 6) is 1.26. The molecule has 1 aromatic rings. The van der Waals surface area contributed by atoms with Gasteiger partial charge in [-0.3, -0.25) is 0 Å². The van der Waals surface area contributed by atoms with Crippen LogP contribution in [0.15, 0.2) is 29.2 Å². The van der Waals surface area contributed by atoms with Gasteiger partial charge >= 0.3 is 0 Å². The molecule has 108 valence electrons. The molecule has 2 fully saturated rings. The Balaban J connectivity index is 1.48. The number of fused-ring (bicyclic) bond motifs is 3. The van der Waals surface area contributed by atoms with Crippen LogP contribution < -0.4 is 5.32 Å².